The molecule has 2 aliphatic heterocycles. The van der Waals surface area contributed by atoms with Crippen LogP contribution in [0.15, 0.2) is 48.5 Å². The van der Waals surface area contributed by atoms with Crippen molar-refractivity contribution in [1.82, 2.24) is 4.90 Å². The van der Waals surface area contributed by atoms with Gasteiger partial charge in [0, 0.05) is 18.5 Å². The summed E-state index contributed by atoms with van der Waals surface area (Å²) in [5.41, 5.74) is 0.627. The second kappa shape index (κ2) is 8.65. The van der Waals surface area contributed by atoms with Crippen LogP contribution < -0.4 is 4.90 Å². The van der Waals surface area contributed by atoms with Crippen molar-refractivity contribution in [3.63, 3.8) is 0 Å². The van der Waals surface area contributed by atoms with E-state index in [1.54, 1.807) is 6.07 Å². The summed E-state index contributed by atoms with van der Waals surface area (Å²) in [7, 11) is 0. The van der Waals surface area contributed by atoms with Crippen LogP contribution in [0.2, 0.25) is 0 Å². The van der Waals surface area contributed by atoms with Gasteiger partial charge in [-0.3, -0.25) is 14.5 Å². The first kappa shape index (κ1) is 22.5. The molecule has 0 aromatic heterocycles. The Morgan fingerprint density at radius 3 is 2.34 bits per heavy atom. The molecule has 2 aromatic rings. The molecule has 8 heteroatoms. The van der Waals surface area contributed by atoms with Crippen LogP contribution in [0.1, 0.15) is 36.8 Å². The number of fused-ring (bicyclic) bond motifs is 2. The summed E-state index contributed by atoms with van der Waals surface area (Å²) < 4.78 is 52.4. The number of halogens is 4. The molecule has 2 heterocycles. The zero-order valence-electron chi connectivity index (χ0n) is 17.5. The number of ketones is 1. The van der Waals surface area contributed by atoms with Crippen LogP contribution in [0.25, 0.3) is 0 Å². The fraction of sp³-hybridized carbons (Fsp3) is 0.417. The van der Waals surface area contributed by atoms with E-state index in [0.717, 1.165) is 12.1 Å². The number of hydrogen-bond acceptors (Lipinski definition) is 3. The Balaban J connectivity index is 1.52. The summed E-state index contributed by atoms with van der Waals surface area (Å²) in [6.45, 7) is 1.39. The first-order valence-corrected chi connectivity index (χ1v) is 10.7. The van der Waals surface area contributed by atoms with Gasteiger partial charge in [-0.15, -0.1) is 0 Å². The topological polar surface area (TPSA) is 40.6 Å². The summed E-state index contributed by atoms with van der Waals surface area (Å²) in [5, 5.41) is 0. The van der Waals surface area contributed by atoms with Crippen molar-refractivity contribution in [3.05, 3.63) is 65.5 Å². The molecule has 1 saturated heterocycles. The Bertz CT molecular complexity index is 999. The zero-order valence-corrected chi connectivity index (χ0v) is 17.5. The lowest BCUT2D eigenvalue weighted by Gasteiger charge is -2.38. The zero-order chi connectivity index (χ0) is 22.9. The maximum Gasteiger partial charge on any atom is 0.389 e. The van der Waals surface area contributed by atoms with Crippen molar-refractivity contribution in [2.24, 2.45) is 0 Å². The normalized spacial score (nSPS) is 18.2. The summed E-state index contributed by atoms with van der Waals surface area (Å²) in [6, 6.07) is 14.2. The van der Waals surface area contributed by atoms with Gasteiger partial charge in [-0.25, -0.2) is 4.39 Å². The van der Waals surface area contributed by atoms with Crippen molar-refractivity contribution in [3.8, 4) is 0 Å². The number of carbonyl (C=O) groups is 2. The SMILES string of the molecule is O=C(CCC(F)(F)F)CN1C(=O)C2(CCN(Cc3ccccc3)CC2)c2c(F)cccc21. The van der Waals surface area contributed by atoms with Crippen molar-refractivity contribution in [2.75, 3.05) is 24.5 Å². The molecule has 4 rings (SSSR count). The van der Waals surface area contributed by atoms with Crippen LogP contribution in [0.5, 0.6) is 0 Å². The van der Waals surface area contributed by atoms with Crippen LogP contribution >= 0.6 is 0 Å². The highest BCUT2D eigenvalue weighted by Crippen LogP contribution is 2.49. The summed E-state index contributed by atoms with van der Waals surface area (Å²) in [4.78, 5) is 29.1. The van der Waals surface area contributed by atoms with E-state index < -0.39 is 48.5 Å². The van der Waals surface area contributed by atoms with Crippen LogP contribution in [-0.4, -0.2) is 42.4 Å². The molecule has 170 valence electrons. The molecule has 0 unspecified atom stereocenters. The number of alkyl halides is 3. The number of rotatable bonds is 6. The highest BCUT2D eigenvalue weighted by Gasteiger charge is 2.53. The quantitative estimate of drug-likeness (QED) is 0.606. The largest absolute Gasteiger partial charge is 0.389 e. The minimum Gasteiger partial charge on any atom is -0.304 e. The minimum absolute atomic E-state index is 0.271. The van der Waals surface area contributed by atoms with Crippen LogP contribution in [0.3, 0.4) is 0 Å². The predicted molar refractivity (Wildman–Crippen MR) is 112 cm³/mol. The average Bonchev–Trinajstić information content (AvgIpc) is 2.98. The molecular weight excluding hydrogens is 424 g/mol. The van der Waals surface area contributed by atoms with Gasteiger partial charge >= 0.3 is 6.18 Å². The number of hydrogen-bond donors (Lipinski definition) is 0. The molecule has 0 N–H and O–H groups in total. The fourth-order valence-corrected chi connectivity index (χ4v) is 4.78. The number of likely N-dealkylation sites (tertiary alicyclic amines) is 1. The molecule has 0 bridgehead atoms. The summed E-state index contributed by atoms with van der Waals surface area (Å²) in [5.74, 6) is -1.60. The molecule has 1 fully saturated rings. The fourth-order valence-electron chi connectivity index (χ4n) is 4.78. The van der Waals surface area contributed by atoms with E-state index in [9.17, 15) is 27.2 Å². The van der Waals surface area contributed by atoms with Crippen molar-refractivity contribution < 1.29 is 27.2 Å². The molecular formula is C24H24F4N2O2. The van der Waals surface area contributed by atoms with Crippen molar-refractivity contribution in [1.29, 1.82) is 0 Å². The third-order valence-corrected chi connectivity index (χ3v) is 6.40. The van der Waals surface area contributed by atoms with Gasteiger partial charge in [0.1, 0.15) is 5.82 Å². The Morgan fingerprint density at radius 2 is 1.69 bits per heavy atom. The lowest BCUT2D eigenvalue weighted by molar-refractivity contribution is -0.142. The molecule has 1 spiro atoms. The molecule has 2 aliphatic rings. The molecule has 4 nitrogen and oxygen atoms in total. The highest BCUT2D eigenvalue weighted by molar-refractivity contribution is 6.11. The second-order valence-corrected chi connectivity index (χ2v) is 8.52. The molecule has 2 aromatic carbocycles. The number of amides is 1. The third kappa shape index (κ3) is 4.41. The maximum absolute atomic E-state index is 14.9. The second-order valence-electron chi connectivity index (χ2n) is 8.52. The van der Waals surface area contributed by atoms with Crippen LogP contribution in [0, 0.1) is 5.82 Å². The lowest BCUT2D eigenvalue weighted by Crippen LogP contribution is -2.49. The Kier molecular flexibility index (Phi) is 6.07. The molecule has 32 heavy (non-hydrogen) atoms. The monoisotopic (exact) mass is 448 g/mol. The van der Waals surface area contributed by atoms with Crippen molar-refractivity contribution >= 4 is 17.4 Å². The lowest BCUT2D eigenvalue weighted by atomic mass is 9.73. The van der Waals surface area contributed by atoms with Gasteiger partial charge in [0.2, 0.25) is 5.91 Å². The van der Waals surface area contributed by atoms with E-state index in [-0.39, 0.29) is 5.56 Å². The van der Waals surface area contributed by atoms with Gasteiger partial charge in [0.05, 0.1) is 24.1 Å². The Hall–Kier alpha value is -2.74. The number of Topliss-reactive ketones (excluding diaryl/α,β-unsaturated/α-hetero) is 1. The van der Waals surface area contributed by atoms with Gasteiger partial charge in [-0.1, -0.05) is 36.4 Å². The van der Waals surface area contributed by atoms with E-state index >= 15 is 0 Å². The standard InChI is InChI=1S/C24H24F4N2O2/c25-19-7-4-8-20-21(19)23(22(32)30(20)16-18(31)9-10-24(26,27)28)11-13-29(14-12-23)15-17-5-2-1-3-6-17/h1-8H,9-16H2. The van der Waals surface area contributed by atoms with Crippen molar-refractivity contribution in [2.45, 2.75) is 43.8 Å². The van der Waals surface area contributed by atoms with Gasteiger partial charge < -0.3 is 4.90 Å². The molecule has 0 atom stereocenters. The van der Waals surface area contributed by atoms with Gasteiger partial charge in [-0.2, -0.15) is 13.2 Å². The minimum atomic E-state index is -4.44. The molecule has 1 amide bonds. The van der Waals surface area contributed by atoms with E-state index in [1.807, 2.05) is 30.3 Å². The maximum atomic E-state index is 14.9. The number of piperidine rings is 1. The number of anilines is 1. The molecule has 0 saturated carbocycles. The van der Waals surface area contributed by atoms with Crippen LogP contribution in [0.4, 0.5) is 23.2 Å². The van der Waals surface area contributed by atoms with E-state index in [0.29, 0.717) is 31.6 Å². The summed E-state index contributed by atoms with van der Waals surface area (Å²) in [6.07, 6.45) is -5.60. The Morgan fingerprint density at radius 1 is 1.00 bits per heavy atom. The first-order valence-electron chi connectivity index (χ1n) is 10.7. The average molecular weight is 448 g/mol. The number of carbonyl (C=O) groups excluding carboxylic acids is 2. The predicted octanol–water partition coefficient (Wildman–Crippen LogP) is 4.62. The van der Waals surface area contributed by atoms with Gasteiger partial charge in [0.15, 0.2) is 5.78 Å². The van der Waals surface area contributed by atoms with Crippen LogP contribution in [-0.2, 0) is 21.5 Å². The number of nitrogens with zero attached hydrogens (tertiary/aromatic N) is 2. The first-order chi connectivity index (χ1) is 15.2. The van der Waals surface area contributed by atoms with E-state index in [1.165, 1.54) is 17.0 Å². The van der Waals surface area contributed by atoms with E-state index in [4.69, 9.17) is 0 Å². The molecule has 0 aliphatic carbocycles. The Labute approximate surface area is 183 Å². The highest BCUT2D eigenvalue weighted by atomic mass is 19.4. The third-order valence-electron chi connectivity index (χ3n) is 6.40. The van der Waals surface area contributed by atoms with E-state index in [2.05, 4.69) is 4.90 Å². The van der Waals surface area contributed by atoms with Gasteiger partial charge in [-0.05, 0) is 43.6 Å². The smallest absolute Gasteiger partial charge is 0.304 e. The number of benzene rings is 2. The summed E-state index contributed by atoms with van der Waals surface area (Å²) >= 11 is 0. The van der Waals surface area contributed by atoms with Gasteiger partial charge in [0.25, 0.3) is 0 Å². The molecule has 0 radical (unpaired) electrons.